The van der Waals surface area contributed by atoms with E-state index in [0.717, 1.165) is 30.4 Å². The van der Waals surface area contributed by atoms with Gasteiger partial charge in [0.15, 0.2) is 9.84 Å². The van der Waals surface area contributed by atoms with Crippen molar-refractivity contribution in [1.82, 2.24) is 0 Å². The first kappa shape index (κ1) is 20.6. The molecule has 1 fully saturated rings. The van der Waals surface area contributed by atoms with E-state index in [1.165, 1.54) is 24.3 Å². The Morgan fingerprint density at radius 2 is 1.70 bits per heavy atom. The van der Waals surface area contributed by atoms with Gasteiger partial charge in [-0.15, -0.1) is 0 Å². The fraction of sp³-hybridized carbons (Fsp3) is 0.400. The molecular weight excluding hydrogens is 410 g/mol. The van der Waals surface area contributed by atoms with Crippen LogP contribution < -0.4 is 0 Å². The third-order valence-electron chi connectivity index (χ3n) is 5.51. The third-order valence-corrected chi connectivity index (χ3v) is 8.57. The summed E-state index contributed by atoms with van der Waals surface area (Å²) in [6.07, 6.45) is 2.63. The Morgan fingerprint density at radius 1 is 1.07 bits per heavy atom. The van der Waals surface area contributed by atoms with E-state index in [1.807, 2.05) is 0 Å². The summed E-state index contributed by atoms with van der Waals surface area (Å²) in [6, 6.07) is 8.89. The number of sulfone groups is 1. The van der Waals surface area contributed by atoms with E-state index in [9.17, 15) is 17.2 Å². The Morgan fingerprint density at radius 3 is 2.30 bits per heavy atom. The average molecular weight is 431 g/mol. The molecule has 1 aliphatic rings. The van der Waals surface area contributed by atoms with Crippen LogP contribution in [0, 0.1) is 17.6 Å². The zero-order valence-corrected chi connectivity index (χ0v) is 17.1. The molecule has 27 heavy (non-hydrogen) atoms. The topological polar surface area (TPSA) is 34.1 Å². The van der Waals surface area contributed by atoms with Crippen molar-refractivity contribution in [3.05, 3.63) is 64.7 Å². The predicted molar refractivity (Wildman–Crippen MR) is 107 cm³/mol. The molecule has 0 bridgehead atoms. The minimum Gasteiger partial charge on any atom is -0.223 e. The first-order chi connectivity index (χ1) is 12.8. The van der Waals surface area contributed by atoms with Crippen LogP contribution in [0.4, 0.5) is 8.78 Å². The lowest BCUT2D eigenvalue weighted by molar-refractivity contribution is 0.282. The van der Waals surface area contributed by atoms with Crippen molar-refractivity contribution >= 4 is 34.1 Å². The Kier molecular flexibility index (Phi) is 6.18. The van der Waals surface area contributed by atoms with E-state index < -0.39 is 26.2 Å². The third kappa shape index (κ3) is 3.89. The van der Waals surface area contributed by atoms with Crippen molar-refractivity contribution in [2.75, 3.05) is 5.75 Å². The molecule has 0 aliphatic heterocycles. The lowest BCUT2D eigenvalue weighted by atomic mass is 9.77. The molecule has 0 unspecified atom stereocenters. The number of halogens is 3. The van der Waals surface area contributed by atoms with Crippen LogP contribution in [0.3, 0.4) is 0 Å². The maximum absolute atomic E-state index is 14.7. The summed E-state index contributed by atoms with van der Waals surface area (Å²) in [5.74, 6) is -0.278. The molecule has 146 valence electrons. The lowest BCUT2D eigenvalue weighted by Gasteiger charge is -2.40. The van der Waals surface area contributed by atoms with E-state index in [0.29, 0.717) is 23.8 Å². The van der Waals surface area contributed by atoms with Crippen molar-refractivity contribution in [2.45, 2.75) is 41.7 Å². The molecule has 0 aromatic heterocycles. The summed E-state index contributed by atoms with van der Waals surface area (Å²) in [4.78, 5) is 0.0724. The van der Waals surface area contributed by atoms with E-state index in [-0.39, 0.29) is 23.3 Å². The number of hydrogen-bond donors (Lipinski definition) is 1. The molecule has 2 aromatic rings. The Hall–Kier alpha value is -1.11. The molecule has 2 nitrogen and oxygen atoms in total. The summed E-state index contributed by atoms with van der Waals surface area (Å²) in [6.45, 7) is 0. The minimum atomic E-state index is -3.96. The molecule has 0 atom stereocenters. The van der Waals surface area contributed by atoms with Gasteiger partial charge < -0.3 is 0 Å². The van der Waals surface area contributed by atoms with Crippen molar-refractivity contribution in [3.63, 3.8) is 0 Å². The fourth-order valence-electron chi connectivity index (χ4n) is 3.98. The van der Waals surface area contributed by atoms with E-state index >= 15 is 0 Å². The maximum Gasteiger partial charge on any atom is 0.188 e. The number of thiol groups is 1. The molecular formula is C20H21ClF2O2S2. The van der Waals surface area contributed by atoms with Crippen molar-refractivity contribution < 1.29 is 17.2 Å². The highest BCUT2D eigenvalue weighted by molar-refractivity contribution is 7.92. The molecule has 1 aliphatic carbocycles. The first-order valence-electron chi connectivity index (χ1n) is 8.87. The van der Waals surface area contributed by atoms with Crippen LogP contribution in [0.15, 0.2) is 47.4 Å². The highest BCUT2D eigenvalue weighted by Gasteiger charge is 2.49. The quantitative estimate of drug-likeness (QED) is 0.608. The zero-order valence-electron chi connectivity index (χ0n) is 14.7. The summed E-state index contributed by atoms with van der Waals surface area (Å²) < 4.78 is 54.3. The number of hydrogen-bond acceptors (Lipinski definition) is 3. The van der Waals surface area contributed by atoms with E-state index in [1.54, 1.807) is 0 Å². The summed E-state index contributed by atoms with van der Waals surface area (Å²) in [5.41, 5.74) is -0.0817. The standard InChI is InChI=1S/C20H21ClF2O2S2/c21-15-1-4-17(5-2-15)27(24,25)20(10-7-14(8-11-20)9-12-26)18-13-16(22)3-6-19(18)23/h1-6,13-14,26H,7-12H2. The normalized spacial score (nSPS) is 23.3. The molecule has 0 N–H and O–H groups in total. The summed E-state index contributed by atoms with van der Waals surface area (Å²) >= 11 is 10.1. The van der Waals surface area contributed by atoms with Crippen LogP contribution in [0.5, 0.6) is 0 Å². The van der Waals surface area contributed by atoms with Crippen LogP contribution in [-0.2, 0) is 14.6 Å². The molecule has 7 heteroatoms. The highest BCUT2D eigenvalue weighted by Crippen LogP contribution is 2.49. The van der Waals surface area contributed by atoms with Gasteiger partial charge in [0.05, 0.1) is 4.90 Å². The maximum atomic E-state index is 14.7. The SMILES string of the molecule is O=S(=O)(c1ccc(Cl)cc1)C1(c2cc(F)ccc2F)CCC(CCS)CC1. The summed E-state index contributed by atoms with van der Waals surface area (Å²) in [5, 5.41) is 0.414. The van der Waals surface area contributed by atoms with Crippen molar-refractivity contribution in [1.29, 1.82) is 0 Å². The molecule has 1 saturated carbocycles. The second kappa shape index (κ2) is 8.10. The van der Waals surface area contributed by atoms with E-state index in [2.05, 4.69) is 12.6 Å². The van der Waals surface area contributed by atoms with Gasteiger partial charge in [-0.3, -0.25) is 0 Å². The van der Waals surface area contributed by atoms with Gasteiger partial charge in [-0.25, -0.2) is 17.2 Å². The largest absolute Gasteiger partial charge is 0.223 e. The smallest absolute Gasteiger partial charge is 0.188 e. The van der Waals surface area contributed by atoms with Gasteiger partial charge >= 0.3 is 0 Å². The first-order valence-corrected chi connectivity index (χ1v) is 11.4. The Labute approximate surface area is 169 Å². The molecule has 0 spiro atoms. The number of rotatable bonds is 5. The van der Waals surface area contributed by atoms with Gasteiger partial charge in [-0.05, 0) is 86.2 Å². The zero-order chi connectivity index (χ0) is 19.7. The van der Waals surface area contributed by atoms with Crippen LogP contribution in [-0.4, -0.2) is 14.2 Å². The molecule has 2 aromatic carbocycles. The van der Waals surface area contributed by atoms with Gasteiger partial charge in [-0.2, -0.15) is 12.6 Å². The van der Waals surface area contributed by atoms with Gasteiger partial charge in [-0.1, -0.05) is 11.6 Å². The highest BCUT2D eigenvalue weighted by atomic mass is 35.5. The molecule has 3 rings (SSSR count). The predicted octanol–water partition coefficient (Wildman–Crippen LogP) is 5.80. The van der Waals surface area contributed by atoms with Crippen LogP contribution in [0.2, 0.25) is 5.02 Å². The van der Waals surface area contributed by atoms with Crippen LogP contribution >= 0.6 is 24.2 Å². The average Bonchev–Trinajstić information content (AvgIpc) is 2.65. The fourth-order valence-corrected chi connectivity index (χ4v) is 6.64. The van der Waals surface area contributed by atoms with Crippen molar-refractivity contribution in [2.24, 2.45) is 5.92 Å². The van der Waals surface area contributed by atoms with Gasteiger partial charge in [0.2, 0.25) is 0 Å². The van der Waals surface area contributed by atoms with Crippen molar-refractivity contribution in [3.8, 4) is 0 Å². The van der Waals surface area contributed by atoms with Crippen LogP contribution in [0.1, 0.15) is 37.7 Å². The number of benzene rings is 2. The molecule has 0 radical (unpaired) electrons. The second-order valence-corrected chi connectivity index (χ2v) is 10.2. The molecule has 0 saturated heterocycles. The van der Waals surface area contributed by atoms with Gasteiger partial charge in [0, 0.05) is 10.6 Å². The molecule has 0 heterocycles. The van der Waals surface area contributed by atoms with Gasteiger partial charge in [0.25, 0.3) is 0 Å². The summed E-state index contributed by atoms with van der Waals surface area (Å²) in [7, 11) is -3.96. The van der Waals surface area contributed by atoms with Crippen LogP contribution in [0.25, 0.3) is 0 Å². The Bertz CT molecular complexity index is 906. The Balaban J connectivity index is 2.14. The van der Waals surface area contributed by atoms with E-state index in [4.69, 9.17) is 11.6 Å². The minimum absolute atomic E-state index is 0.0724. The molecule has 0 amide bonds. The lowest BCUT2D eigenvalue weighted by Crippen LogP contribution is -2.40. The second-order valence-electron chi connectivity index (χ2n) is 7.03. The monoisotopic (exact) mass is 430 g/mol. The van der Waals surface area contributed by atoms with Gasteiger partial charge in [0.1, 0.15) is 16.4 Å².